The van der Waals surface area contributed by atoms with Crippen LogP contribution in [0.1, 0.15) is 374 Å². The topological polar surface area (TPSA) is 237 Å². The average Bonchev–Trinajstić information content (AvgIpc) is 0.923. The second-order valence-electron chi connectivity index (χ2n) is 27.7. The molecule has 0 aliphatic rings. The first-order chi connectivity index (χ1) is 49.7. The van der Waals surface area contributed by atoms with E-state index in [1.54, 1.807) is 0 Å². The Labute approximate surface area is 622 Å². The van der Waals surface area contributed by atoms with Gasteiger partial charge in [0.15, 0.2) is 12.2 Å². The SMILES string of the molecule is CCCCC/C=C\C/C=C\C/C=C\C/C=C\CCCC(=O)OC[C@H](COP(=O)(O)OC[C@H](O)COP(=O)(O)OC[C@@H](COC(=O)CCCCCCC/C=C\CCCCCCCC)OC(=O)CCCCCCC/C=C\CCCCCCCC)OC(=O)CCCCCCCCCCCCCCCCC. The zero-order chi connectivity index (χ0) is 74.6. The van der Waals surface area contributed by atoms with Crippen molar-refractivity contribution in [2.45, 2.75) is 393 Å². The van der Waals surface area contributed by atoms with Gasteiger partial charge in [0, 0.05) is 25.7 Å². The van der Waals surface area contributed by atoms with Crippen molar-refractivity contribution >= 4 is 39.5 Å². The first-order valence-electron chi connectivity index (χ1n) is 41.2. The number of allylic oxidation sites excluding steroid dienone is 12. The summed E-state index contributed by atoms with van der Waals surface area (Å²) >= 11 is 0. The minimum atomic E-state index is -4.98. The van der Waals surface area contributed by atoms with E-state index in [1.165, 1.54) is 161 Å². The van der Waals surface area contributed by atoms with Crippen LogP contribution >= 0.6 is 15.6 Å². The van der Waals surface area contributed by atoms with Gasteiger partial charge in [0.2, 0.25) is 0 Å². The quantitative estimate of drug-likeness (QED) is 0.0169. The summed E-state index contributed by atoms with van der Waals surface area (Å²) in [5.74, 6) is -2.23. The lowest BCUT2D eigenvalue weighted by Gasteiger charge is -2.21. The third-order valence-corrected chi connectivity index (χ3v) is 19.5. The number of hydrogen-bond acceptors (Lipinski definition) is 15. The molecule has 0 amide bonds. The highest BCUT2D eigenvalue weighted by molar-refractivity contribution is 7.47. The summed E-state index contributed by atoms with van der Waals surface area (Å²) in [6, 6.07) is 0. The van der Waals surface area contributed by atoms with E-state index in [0.29, 0.717) is 32.1 Å². The van der Waals surface area contributed by atoms with E-state index in [9.17, 15) is 43.2 Å². The maximum atomic E-state index is 13.1. The van der Waals surface area contributed by atoms with Crippen LogP contribution in [0.3, 0.4) is 0 Å². The summed E-state index contributed by atoms with van der Waals surface area (Å²) in [6.45, 7) is 4.83. The summed E-state index contributed by atoms with van der Waals surface area (Å²) in [7, 11) is -9.96. The van der Waals surface area contributed by atoms with Crippen LogP contribution in [0.4, 0.5) is 0 Å². The van der Waals surface area contributed by atoms with E-state index in [-0.39, 0.29) is 25.7 Å². The second-order valence-corrected chi connectivity index (χ2v) is 30.6. The van der Waals surface area contributed by atoms with Crippen LogP contribution < -0.4 is 0 Å². The lowest BCUT2D eigenvalue weighted by atomic mass is 10.0. The molecule has 0 radical (unpaired) electrons. The lowest BCUT2D eigenvalue weighted by Crippen LogP contribution is -2.30. The van der Waals surface area contributed by atoms with Crippen molar-refractivity contribution < 1.29 is 80.2 Å². The van der Waals surface area contributed by atoms with Gasteiger partial charge in [-0.1, -0.05) is 306 Å². The van der Waals surface area contributed by atoms with Crippen molar-refractivity contribution in [3.05, 3.63) is 72.9 Å². The minimum absolute atomic E-state index is 0.0859. The van der Waals surface area contributed by atoms with Gasteiger partial charge in [0.05, 0.1) is 26.4 Å². The monoisotopic (exact) mass is 1480 g/mol. The second kappa shape index (κ2) is 75.7. The number of hydrogen-bond donors (Lipinski definition) is 3. The molecule has 0 aromatic carbocycles. The highest BCUT2D eigenvalue weighted by atomic mass is 31.2. The Hall–Kier alpha value is -3.50. The predicted molar refractivity (Wildman–Crippen MR) is 418 cm³/mol. The molecule has 0 rings (SSSR count). The Morgan fingerprint density at radius 1 is 0.275 bits per heavy atom. The zero-order valence-corrected chi connectivity index (χ0v) is 66.8. The van der Waals surface area contributed by atoms with Crippen LogP contribution in [-0.4, -0.2) is 96.7 Å². The van der Waals surface area contributed by atoms with E-state index in [1.807, 2.05) is 12.2 Å². The molecule has 0 fully saturated rings. The number of ether oxygens (including phenoxy) is 4. The van der Waals surface area contributed by atoms with Gasteiger partial charge in [0.25, 0.3) is 0 Å². The van der Waals surface area contributed by atoms with E-state index < -0.39 is 97.5 Å². The molecule has 0 heterocycles. The number of esters is 4. The molecule has 0 aromatic rings. The summed E-state index contributed by atoms with van der Waals surface area (Å²) in [4.78, 5) is 73.0. The Kier molecular flexibility index (Phi) is 73.1. The van der Waals surface area contributed by atoms with Crippen LogP contribution in [0, 0.1) is 0 Å². The Morgan fingerprint density at radius 3 is 0.804 bits per heavy atom. The molecule has 19 heteroatoms. The highest BCUT2D eigenvalue weighted by Gasteiger charge is 2.30. The number of phosphoric ester groups is 2. The number of carbonyl (C=O) groups is 4. The van der Waals surface area contributed by atoms with Gasteiger partial charge >= 0.3 is 39.5 Å². The van der Waals surface area contributed by atoms with Gasteiger partial charge in [-0.25, -0.2) is 9.13 Å². The molecular weight excluding hydrogens is 1330 g/mol. The number of aliphatic hydroxyl groups is 1. The van der Waals surface area contributed by atoms with Gasteiger partial charge in [0.1, 0.15) is 19.3 Å². The maximum absolute atomic E-state index is 13.1. The van der Waals surface area contributed by atoms with Crippen LogP contribution in [0.25, 0.3) is 0 Å². The van der Waals surface area contributed by atoms with Crippen molar-refractivity contribution in [3.63, 3.8) is 0 Å². The van der Waals surface area contributed by atoms with Crippen LogP contribution in [0.2, 0.25) is 0 Å². The predicted octanol–water partition coefficient (Wildman–Crippen LogP) is 24.0. The smallest absolute Gasteiger partial charge is 0.462 e. The third-order valence-electron chi connectivity index (χ3n) is 17.6. The summed E-state index contributed by atoms with van der Waals surface area (Å²) in [5.41, 5.74) is 0. The normalized spacial score (nSPS) is 14.2. The summed E-state index contributed by atoms with van der Waals surface area (Å²) in [5, 5.41) is 10.6. The first-order valence-corrected chi connectivity index (χ1v) is 44.2. The molecule has 0 saturated carbocycles. The number of unbranched alkanes of at least 4 members (excludes halogenated alkanes) is 40. The van der Waals surface area contributed by atoms with Crippen molar-refractivity contribution in [2.24, 2.45) is 0 Å². The van der Waals surface area contributed by atoms with Crippen molar-refractivity contribution in [1.29, 1.82) is 0 Å². The molecule has 0 saturated heterocycles. The maximum Gasteiger partial charge on any atom is 0.472 e. The average molecular weight is 1480 g/mol. The van der Waals surface area contributed by atoms with E-state index >= 15 is 0 Å². The minimum Gasteiger partial charge on any atom is -0.462 e. The standard InChI is InChI=1S/C83H150O17P2/c1-5-9-13-17-21-25-29-33-37-38-42-44-48-52-56-60-64-68-81(86)94-74-79(100-83(88)70-66-62-58-54-50-46-41-36-32-28-24-20-16-12-8-4)76-98-102(91,92)96-72-77(84)71-95-101(89,90)97-75-78(99-82(87)69-65-61-57-53-49-45-40-35-31-27-23-19-15-11-7-3)73-93-80(85)67-63-59-55-51-47-43-39-34-30-26-22-18-14-10-6-2/h21,25,33-35,37,39-40,42,44,52,56,77-79,84H,5-20,22-24,26-32,36,38,41,43,45-51,53-55,57-76H2,1-4H3,(H,89,90)(H,91,92)/b25-21-,37-33-,39-34-,40-35-,44-42-,56-52-/t77-,78-,79-/m1/s1. The number of rotatable bonds is 78. The summed E-state index contributed by atoms with van der Waals surface area (Å²) < 4.78 is 68.6. The Bertz CT molecular complexity index is 2210. The number of phosphoric acid groups is 2. The van der Waals surface area contributed by atoms with E-state index in [2.05, 4.69) is 88.5 Å². The molecule has 0 bridgehead atoms. The molecule has 5 atom stereocenters. The molecule has 0 aliphatic heterocycles. The molecule has 2 unspecified atom stereocenters. The van der Waals surface area contributed by atoms with Crippen LogP contribution in [-0.2, 0) is 65.4 Å². The van der Waals surface area contributed by atoms with Gasteiger partial charge in [-0.2, -0.15) is 0 Å². The van der Waals surface area contributed by atoms with Crippen LogP contribution in [0.5, 0.6) is 0 Å². The van der Waals surface area contributed by atoms with Gasteiger partial charge in [-0.3, -0.25) is 37.3 Å². The first kappa shape index (κ1) is 98.5. The van der Waals surface area contributed by atoms with Crippen LogP contribution in [0.15, 0.2) is 72.9 Å². The molecule has 102 heavy (non-hydrogen) atoms. The lowest BCUT2D eigenvalue weighted by molar-refractivity contribution is -0.161. The fraction of sp³-hybridized carbons (Fsp3) is 0.807. The third kappa shape index (κ3) is 74.8. The molecule has 0 aliphatic carbocycles. The molecule has 0 spiro atoms. The fourth-order valence-corrected chi connectivity index (χ4v) is 12.9. The zero-order valence-electron chi connectivity index (χ0n) is 65.0. The summed E-state index contributed by atoms with van der Waals surface area (Å²) in [6.07, 6.45) is 77.3. The highest BCUT2D eigenvalue weighted by Crippen LogP contribution is 2.45. The fourth-order valence-electron chi connectivity index (χ4n) is 11.3. The van der Waals surface area contributed by atoms with Crippen molar-refractivity contribution in [1.82, 2.24) is 0 Å². The Balaban J connectivity index is 5.39. The number of carbonyl (C=O) groups excluding carboxylic acids is 4. The van der Waals surface area contributed by atoms with Crippen molar-refractivity contribution in [2.75, 3.05) is 39.6 Å². The van der Waals surface area contributed by atoms with Gasteiger partial charge in [-0.15, -0.1) is 0 Å². The molecule has 594 valence electrons. The molecule has 17 nitrogen and oxygen atoms in total. The van der Waals surface area contributed by atoms with Gasteiger partial charge < -0.3 is 33.8 Å². The Morgan fingerprint density at radius 2 is 0.490 bits per heavy atom. The molecule has 3 N–H and O–H groups in total. The largest absolute Gasteiger partial charge is 0.472 e. The van der Waals surface area contributed by atoms with E-state index in [4.69, 9.17) is 37.0 Å². The van der Waals surface area contributed by atoms with E-state index in [0.717, 1.165) is 128 Å². The van der Waals surface area contributed by atoms with Crippen molar-refractivity contribution in [3.8, 4) is 0 Å². The number of aliphatic hydroxyl groups excluding tert-OH is 1. The molecular formula is C83H150O17P2. The molecule has 0 aromatic heterocycles. The van der Waals surface area contributed by atoms with Gasteiger partial charge in [-0.05, 0) is 116 Å².